The summed E-state index contributed by atoms with van der Waals surface area (Å²) in [5.41, 5.74) is -0.0124. The van der Waals surface area contributed by atoms with Gasteiger partial charge in [-0.25, -0.2) is 12.8 Å². The first-order valence-electron chi connectivity index (χ1n) is 7.31. The number of carboxylic acid groups (broad SMARTS) is 1. The molecule has 0 fully saturated rings. The van der Waals surface area contributed by atoms with Crippen molar-refractivity contribution in [3.8, 4) is 0 Å². The fourth-order valence-electron chi connectivity index (χ4n) is 1.96. The molecule has 9 heteroatoms. The normalized spacial score (nSPS) is 12.6. The minimum Gasteiger partial charge on any atom is -0.480 e. The van der Waals surface area contributed by atoms with Crippen molar-refractivity contribution in [3.63, 3.8) is 0 Å². The Hall–Kier alpha value is -2.00. The first-order valence-corrected chi connectivity index (χ1v) is 8.80. The molecule has 0 heterocycles. The third-order valence-corrected chi connectivity index (χ3v) is 4.81. The SMILES string of the molecule is CCCCC(NS(=O)(=O)c1ccc(CC(=O)OC)c(F)c1)C(=O)O. The summed E-state index contributed by atoms with van der Waals surface area (Å²) in [7, 11) is -3.04. The summed E-state index contributed by atoms with van der Waals surface area (Å²) in [5, 5.41) is 9.08. The number of esters is 1. The summed E-state index contributed by atoms with van der Waals surface area (Å²) < 4.78 is 44.9. The standard InChI is InChI=1S/C15H20FNO6S/c1-3-4-5-13(15(19)20)17-24(21,22)11-7-6-10(12(16)9-11)8-14(18)23-2/h6-7,9,13,17H,3-5,8H2,1-2H3,(H,19,20). The van der Waals surface area contributed by atoms with Crippen molar-refractivity contribution < 1.29 is 32.2 Å². The monoisotopic (exact) mass is 361 g/mol. The van der Waals surface area contributed by atoms with E-state index in [1.165, 1.54) is 0 Å². The maximum Gasteiger partial charge on any atom is 0.321 e. The number of carbonyl (C=O) groups is 2. The molecule has 0 aliphatic rings. The number of nitrogens with one attached hydrogen (secondary N) is 1. The summed E-state index contributed by atoms with van der Waals surface area (Å²) in [6, 6.07) is 1.73. The molecule has 0 aliphatic heterocycles. The number of hydrogen-bond donors (Lipinski definition) is 2. The predicted octanol–water partition coefficient (Wildman–Crippen LogP) is 1.46. The van der Waals surface area contributed by atoms with E-state index in [2.05, 4.69) is 9.46 Å². The van der Waals surface area contributed by atoms with E-state index in [-0.39, 0.29) is 18.4 Å². The van der Waals surface area contributed by atoms with Crippen molar-refractivity contribution >= 4 is 22.0 Å². The van der Waals surface area contributed by atoms with Crippen LogP contribution in [0.3, 0.4) is 0 Å². The third-order valence-electron chi connectivity index (χ3n) is 3.34. The molecule has 0 aliphatic carbocycles. The Morgan fingerprint density at radius 3 is 2.54 bits per heavy atom. The van der Waals surface area contributed by atoms with Crippen LogP contribution in [0, 0.1) is 5.82 Å². The van der Waals surface area contributed by atoms with Gasteiger partial charge in [0.2, 0.25) is 10.0 Å². The van der Waals surface area contributed by atoms with E-state index in [0.29, 0.717) is 12.8 Å². The largest absolute Gasteiger partial charge is 0.480 e. The lowest BCUT2D eigenvalue weighted by Crippen LogP contribution is -2.40. The van der Waals surface area contributed by atoms with Crippen molar-refractivity contribution in [1.29, 1.82) is 0 Å². The minimum absolute atomic E-state index is 0.0124. The van der Waals surface area contributed by atoms with Crippen LogP contribution in [-0.2, 0) is 30.8 Å². The van der Waals surface area contributed by atoms with E-state index in [4.69, 9.17) is 5.11 Å². The van der Waals surface area contributed by atoms with E-state index in [9.17, 15) is 22.4 Å². The van der Waals surface area contributed by atoms with Gasteiger partial charge in [0.05, 0.1) is 18.4 Å². The zero-order valence-corrected chi connectivity index (χ0v) is 14.2. The molecule has 134 valence electrons. The van der Waals surface area contributed by atoms with Crippen LogP contribution < -0.4 is 4.72 Å². The molecule has 0 spiro atoms. The number of benzene rings is 1. The molecule has 0 amide bonds. The highest BCUT2D eigenvalue weighted by Gasteiger charge is 2.25. The number of ether oxygens (including phenoxy) is 1. The van der Waals surface area contributed by atoms with Gasteiger partial charge in [0.1, 0.15) is 11.9 Å². The number of rotatable bonds is 9. The van der Waals surface area contributed by atoms with Gasteiger partial charge in [-0.3, -0.25) is 9.59 Å². The Morgan fingerprint density at radius 1 is 1.38 bits per heavy atom. The average molecular weight is 361 g/mol. The summed E-state index contributed by atoms with van der Waals surface area (Å²) in [6.45, 7) is 1.85. The topological polar surface area (TPSA) is 110 Å². The van der Waals surface area contributed by atoms with Gasteiger partial charge in [-0.05, 0) is 24.1 Å². The van der Waals surface area contributed by atoms with Crippen molar-refractivity contribution in [3.05, 3.63) is 29.6 Å². The summed E-state index contributed by atoms with van der Waals surface area (Å²) in [6.07, 6.45) is 1.05. The molecule has 2 N–H and O–H groups in total. The van der Waals surface area contributed by atoms with Gasteiger partial charge in [-0.2, -0.15) is 4.72 Å². The lowest BCUT2D eigenvalue weighted by Gasteiger charge is -2.15. The zero-order valence-electron chi connectivity index (χ0n) is 13.4. The first kappa shape index (κ1) is 20.0. The van der Waals surface area contributed by atoms with Gasteiger partial charge in [-0.1, -0.05) is 25.8 Å². The Bertz CT molecular complexity index is 704. The number of methoxy groups -OCH3 is 1. The highest BCUT2D eigenvalue weighted by Crippen LogP contribution is 2.17. The van der Waals surface area contributed by atoms with E-state index < -0.39 is 38.7 Å². The second-order valence-corrected chi connectivity index (χ2v) is 6.87. The summed E-state index contributed by atoms with van der Waals surface area (Å²) in [4.78, 5) is 21.9. The highest BCUT2D eigenvalue weighted by molar-refractivity contribution is 7.89. The van der Waals surface area contributed by atoms with Crippen molar-refractivity contribution in [1.82, 2.24) is 4.72 Å². The molecular formula is C15H20FNO6S. The molecule has 0 aromatic heterocycles. The van der Waals surface area contributed by atoms with Crippen molar-refractivity contribution in [2.24, 2.45) is 0 Å². The van der Waals surface area contributed by atoms with E-state index in [0.717, 1.165) is 25.3 Å². The van der Waals surface area contributed by atoms with Gasteiger partial charge in [-0.15, -0.1) is 0 Å². The van der Waals surface area contributed by atoms with Gasteiger partial charge in [0.25, 0.3) is 0 Å². The molecule has 1 atom stereocenters. The lowest BCUT2D eigenvalue weighted by atomic mass is 10.1. The fraction of sp³-hybridized carbons (Fsp3) is 0.467. The van der Waals surface area contributed by atoms with Crippen LogP contribution in [0.1, 0.15) is 31.7 Å². The Kier molecular flexibility index (Phi) is 7.30. The molecule has 1 rings (SSSR count). The van der Waals surface area contributed by atoms with Gasteiger partial charge < -0.3 is 9.84 Å². The van der Waals surface area contributed by atoms with Crippen LogP contribution in [0.25, 0.3) is 0 Å². The molecule has 0 saturated carbocycles. The average Bonchev–Trinajstić information content (AvgIpc) is 2.52. The van der Waals surface area contributed by atoms with Gasteiger partial charge >= 0.3 is 11.9 Å². The molecule has 0 radical (unpaired) electrons. The van der Waals surface area contributed by atoms with Crippen LogP contribution >= 0.6 is 0 Å². The molecular weight excluding hydrogens is 341 g/mol. The predicted molar refractivity (Wildman–Crippen MR) is 83.4 cm³/mol. The van der Waals surface area contributed by atoms with E-state index in [1.807, 2.05) is 6.92 Å². The quantitative estimate of drug-likeness (QED) is 0.645. The zero-order chi connectivity index (χ0) is 18.3. The fourth-order valence-corrected chi connectivity index (χ4v) is 3.20. The van der Waals surface area contributed by atoms with Crippen molar-refractivity contribution in [2.75, 3.05) is 7.11 Å². The number of halogens is 1. The van der Waals surface area contributed by atoms with E-state index >= 15 is 0 Å². The van der Waals surface area contributed by atoms with Crippen LogP contribution in [0.4, 0.5) is 4.39 Å². The Morgan fingerprint density at radius 2 is 2.04 bits per heavy atom. The molecule has 7 nitrogen and oxygen atoms in total. The minimum atomic E-state index is -4.20. The summed E-state index contributed by atoms with van der Waals surface area (Å²) in [5.74, 6) is -2.84. The van der Waals surface area contributed by atoms with Crippen LogP contribution in [-0.4, -0.2) is 38.6 Å². The van der Waals surface area contributed by atoms with Crippen molar-refractivity contribution in [2.45, 2.75) is 43.5 Å². The molecule has 0 bridgehead atoms. The van der Waals surface area contributed by atoms with Crippen LogP contribution in [0.15, 0.2) is 23.1 Å². The number of carboxylic acids is 1. The van der Waals surface area contributed by atoms with Crippen LogP contribution in [0.2, 0.25) is 0 Å². The third kappa shape index (κ3) is 5.57. The second kappa shape index (κ2) is 8.74. The maximum absolute atomic E-state index is 14.0. The molecule has 0 saturated heterocycles. The first-order chi connectivity index (χ1) is 11.2. The summed E-state index contributed by atoms with van der Waals surface area (Å²) >= 11 is 0. The van der Waals surface area contributed by atoms with E-state index in [1.54, 1.807) is 0 Å². The molecule has 24 heavy (non-hydrogen) atoms. The number of aliphatic carboxylic acids is 1. The molecule has 1 aromatic rings. The highest BCUT2D eigenvalue weighted by atomic mass is 32.2. The Balaban J connectivity index is 2.99. The smallest absolute Gasteiger partial charge is 0.321 e. The second-order valence-electron chi connectivity index (χ2n) is 5.16. The van der Waals surface area contributed by atoms with Gasteiger partial charge in [0.15, 0.2) is 0 Å². The molecule has 1 aromatic carbocycles. The maximum atomic E-state index is 14.0. The lowest BCUT2D eigenvalue weighted by molar-refractivity contribution is -0.140. The molecule has 1 unspecified atom stereocenters. The van der Waals surface area contributed by atoms with Crippen LogP contribution in [0.5, 0.6) is 0 Å². The number of hydrogen-bond acceptors (Lipinski definition) is 5. The number of carbonyl (C=O) groups excluding carboxylic acids is 1. The van der Waals surface area contributed by atoms with Gasteiger partial charge in [0, 0.05) is 0 Å². The Labute approximate surface area is 139 Å². The number of unbranched alkanes of at least 4 members (excludes halogenated alkanes) is 1. The number of sulfonamides is 1.